The second-order valence-corrected chi connectivity index (χ2v) is 5.74. The summed E-state index contributed by atoms with van der Waals surface area (Å²) in [6.07, 6.45) is 0. The summed E-state index contributed by atoms with van der Waals surface area (Å²) in [5.41, 5.74) is 1.10. The Hall–Kier alpha value is -2.73. The molecule has 0 amide bonds. The summed E-state index contributed by atoms with van der Waals surface area (Å²) in [7, 11) is 0. The topological polar surface area (TPSA) is 0 Å². The van der Waals surface area contributed by atoms with Crippen molar-refractivity contribution in [2.45, 2.75) is 0 Å². The van der Waals surface area contributed by atoms with E-state index in [1.165, 1.54) is 43.1 Å². The van der Waals surface area contributed by atoms with Crippen molar-refractivity contribution in [2.24, 2.45) is 0 Å². The van der Waals surface area contributed by atoms with Gasteiger partial charge < -0.3 is 0 Å². The molecule has 0 fully saturated rings. The summed E-state index contributed by atoms with van der Waals surface area (Å²) in [4.78, 5) is 0. The maximum absolute atomic E-state index is 4.18. The third-order valence-corrected chi connectivity index (χ3v) is 4.60. The Balaban J connectivity index is 2.21. The Morgan fingerprint density at radius 2 is 1.24 bits per heavy atom. The predicted octanol–water partition coefficient (Wildman–Crippen LogP) is 5.92. The SMILES string of the molecule is [CH2-]c1cccc2c1cc1ccc3cccc4ccc2c1c34. The van der Waals surface area contributed by atoms with Gasteiger partial charge in [0.05, 0.1) is 0 Å². The van der Waals surface area contributed by atoms with Crippen molar-refractivity contribution in [3.8, 4) is 0 Å². The van der Waals surface area contributed by atoms with Gasteiger partial charge in [-0.1, -0.05) is 53.9 Å². The molecule has 0 atom stereocenters. The third-order valence-electron chi connectivity index (χ3n) is 4.60. The van der Waals surface area contributed by atoms with Crippen molar-refractivity contribution in [3.63, 3.8) is 0 Å². The fourth-order valence-corrected chi connectivity index (χ4v) is 3.63. The first kappa shape index (κ1) is 11.0. The zero-order valence-corrected chi connectivity index (χ0v) is 11.6. The number of hydrogen-bond acceptors (Lipinski definition) is 0. The Morgan fingerprint density at radius 1 is 0.524 bits per heavy atom. The van der Waals surface area contributed by atoms with Crippen LogP contribution in [0.15, 0.2) is 66.7 Å². The Kier molecular flexibility index (Phi) is 1.92. The van der Waals surface area contributed by atoms with Crippen LogP contribution in [0.5, 0.6) is 0 Å². The van der Waals surface area contributed by atoms with Crippen LogP contribution in [-0.2, 0) is 0 Å². The lowest BCUT2D eigenvalue weighted by Gasteiger charge is -2.17. The lowest BCUT2D eigenvalue weighted by atomic mass is 9.90. The smallest absolute Gasteiger partial charge is 0.00274 e. The molecule has 5 aromatic rings. The molecule has 0 nitrogen and oxygen atoms in total. The molecule has 98 valence electrons. The molecule has 0 radical (unpaired) electrons. The largest absolute Gasteiger partial charge is 0.198 e. The standard InChI is InChI=1S/C21H13/c1-13-4-2-7-17-18-11-10-15-6-3-5-14-8-9-16(12-19(13)17)21(18)20(14)15/h2-12H,1H2/q-1. The Bertz CT molecular complexity index is 1120. The summed E-state index contributed by atoms with van der Waals surface area (Å²) in [6.45, 7) is 4.18. The average molecular weight is 265 g/mol. The Labute approximate surface area is 123 Å². The van der Waals surface area contributed by atoms with Crippen molar-refractivity contribution in [1.82, 2.24) is 0 Å². The van der Waals surface area contributed by atoms with Gasteiger partial charge in [0.2, 0.25) is 0 Å². The van der Waals surface area contributed by atoms with Gasteiger partial charge >= 0.3 is 0 Å². The molecule has 0 saturated carbocycles. The summed E-state index contributed by atoms with van der Waals surface area (Å²) in [6, 6.07) is 24.1. The van der Waals surface area contributed by atoms with Crippen molar-refractivity contribution < 1.29 is 0 Å². The van der Waals surface area contributed by atoms with Crippen molar-refractivity contribution in [1.29, 1.82) is 0 Å². The molecule has 0 N–H and O–H groups in total. The first-order valence-corrected chi connectivity index (χ1v) is 7.24. The first-order valence-electron chi connectivity index (χ1n) is 7.24. The lowest BCUT2D eigenvalue weighted by molar-refractivity contribution is 1.71. The van der Waals surface area contributed by atoms with Crippen molar-refractivity contribution in [3.05, 3.63) is 79.2 Å². The zero-order chi connectivity index (χ0) is 14.0. The van der Waals surface area contributed by atoms with E-state index in [9.17, 15) is 0 Å². The molecule has 0 aliphatic carbocycles. The second kappa shape index (κ2) is 3.67. The summed E-state index contributed by atoms with van der Waals surface area (Å²) in [5.74, 6) is 0. The van der Waals surface area contributed by atoms with Crippen LogP contribution in [0.3, 0.4) is 0 Å². The number of fused-ring (bicyclic) bond motifs is 2. The lowest BCUT2D eigenvalue weighted by Crippen LogP contribution is -1.86. The molecule has 21 heavy (non-hydrogen) atoms. The molecule has 0 aliphatic rings. The monoisotopic (exact) mass is 265 g/mol. The van der Waals surface area contributed by atoms with Crippen LogP contribution in [0.4, 0.5) is 0 Å². The molecule has 0 saturated heterocycles. The number of benzene rings is 5. The van der Waals surface area contributed by atoms with Crippen LogP contribution >= 0.6 is 0 Å². The molecule has 0 aromatic heterocycles. The van der Waals surface area contributed by atoms with Crippen LogP contribution in [-0.4, -0.2) is 0 Å². The van der Waals surface area contributed by atoms with E-state index in [1.54, 1.807) is 0 Å². The fraction of sp³-hybridized carbons (Fsp3) is 0. The summed E-state index contributed by atoms with van der Waals surface area (Å²) >= 11 is 0. The quantitative estimate of drug-likeness (QED) is 0.185. The number of rotatable bonds is 0. The van der Waals surface area contributed by atoms with Gasteiger partial charge in [-0.25, -0.2) is 0 Å². The molecule has 0 aliphatic heterocycles. The molecule has 0 bridgehead atoms. The van der Waals surface area contributed by atoms with E-state index >= 15 is 0 Å². The summed E-state index contributed by atoms with van der Waals surface area (Å²) < 4.78 is 0. The molecule has 0 heterocycles. The van der Waals surface area contributed by atoms with E-state index < -0.39 is 0 Å². The highest BCUT2D eigenvalue weighted by molar-refractivity contribution is 6.29. The fourth-order valence-electron chi connectivity index (χ4n) is 3.63. The van der Waals surface area contributed by atoms with Crippen LogP contribution in [0, 0.1) is 6.92 Å². The molecular weight excluding hydrogens is 252 g/mol. The van der Waals surface area contributed by atoms with Gasteiger partial charge in [-0.3, -0.25) is 0 Å². The van der Waals surface area contributed by atoms with Gasteiger partial charge in [0.25, 0.3) is 0 Å². The van der Waals surface area contributed by atoms with E-state index in [0.717, 1.165) is 5.56 Å². The van der Waals surface area contributed by atoms with E-state index in [4.69, 9.17) is 0 Å². The van der Waals surface area contributed by atoms with Crippen LogP contribution < -0.4 is 0 Å². The van der Waals surface area contributed by atoms with Crippen LogP contribution in [0.2, 0.25) is 0 Å². The molecule has 0 spiro atoms. The van der Waals surface area contributed by atoms with Gasteiger partial charge in [-0.15, -0.1) is 17.5 Å². The van der Waals surface area contributed by atoms with E-state index in [0.29, 0.717) is 0 Å². The van der Waals surface area contributed by atoms with Gasteiger partial charge in [0.15, 0.2) is 0 Å². The normalized spacial score (nSPS) is 12.0. The molecular formula is C21H13-. The molecule has 0 unspecified atom stereocenters. The summed E-state index contributed by atoms with van der Waals surface area (Å²) in [5, 5.41) is 10.6. The van der Waals surface area contributed by atoms with E-state index in [2.05, 4.69) is 73.7 Å². The van der Waals surface area contributed by atoms with Crippen molar-refractivity contribution >= 4 is 43.1 Å². The predicted molar refractivity (Wildman–Crippen MR) is 92.1 cm³/mol. The minimum Gasteiger partial charge on any atom is -0.198 e. The number of hydrogen-bond donors (Lipinski definition) is 0. The highest BCUT2D eigenvalue weighted by atomic mass is 14.1. The molecule has 0 heteroatoms. The minimum atomic E-state index is 1.10. The maximum atomic E-state index is 4.18. The maximum Gasteiger partial charge on any atom is -0.00274 e. The zero-order valence-electron chi connectivity index (χ0n) is 11.6. The van der Waals surface area contributed by atoms with Gasteiger partial charge in [-0.2, -0.15) is 18.6 Å². The molecule has 5 rings (SSSR count). The minimum absolute atomic E-state index is 1.10. The van der Waals surface area contributed by atoms with Crippen LogP contribution in [0.25, 0.3) is 43.1 Å². The van der Waals surface area contributed by atoms with Gasteiger partial charge in [0, 0.05) is 0 Å². The third kappa shape index (κ3) is 1.32. The second-order valence-electron chi connectivity index (χ2n) is 5.74. The average Bonchev–Trinajstić information content (AvgIpc) is 2.53. The molecule has 5 aromatic carbocycles. The van der Waals surface area contributed by atoms with Crippen LogP contribution in [0.1, 0.15) is 5.56 Å². The first-order chi connectivity index (χ1) is 10.3. The highest BCUT2D eigenvalue weighted by Crippen LogP contribution is 2.38. The van der Waals surface area contributed by atoms with Crippen molar-refractivity contribution in [2.75, 3.05) is 0 Å². The van der Waals surface area contributed by atoms with E-state index in [1.807, 2.05) is 0 Å². The van der Waals surface area contributed by atoms with E-state index in [-0.39, 0.29) is 0 Å². The van der Waals surface area contributed by atoms with Gasteiger partial charge in [-0.05, 0) is 32.3 Å². The Morgan fingerprint density at radius 3 is 2.10 bits per heavy atom. The highest BCUT2D eigenvalue weighted by Gasteiger charge is 2.08. The van der Waals surface area contributed by atoms with Gasteiger partial charge in [0.1, 0.15) is 0 Å².